The van der Waals surface area contributed by atoms with Crippen LogP contribution in [0.25, 0.3) is 11.0 Å². The molecule has 5 N–H and O–H groups in total. The smallest absolute Gasteiger partial charge is 0.126 e. The molecule has 1 radical (unpaired) electrons. The third-order valence-electron chi connectivity index (χ3n) is 3.34. The van der Waals surface area contributed by atoms with E-state index in [0.29, 0.717) is 6.54 Å². The number of aromatic amines is 1. The van der Waals surface area contributed by atoms with Gasteiger partial charge in [-0.2, -0.15) is 0 Å². The number of nitrogens with two attached hydrogens (primary N) is 1. The van der Waals surface area contributed by atoms with E-state index in [-0.39, 0.29) is 5.84 Å². The van der Waals surface area contributed by atoms with Crippen molar-refractivity contribution in [1.82, 2.24) is 9.97 Å². The van der Waals surface area contributed by atoms with Gasteiger partial charge in [0.15, 0.2) is 0 Å². The van der Waals surface area contributed by atoms with Gasteiger partial charge in [0.1, 0.15) is 11.7 Å². The van der Waals surface area contributed by atoms with Crippen molar-refractivity contribution >= 4 is 22.6 Å². The maximum absolute atomic E-state index is 7.36. The van der Waals surface area contributed by atoms with Crippen molar-refractivity contribution in [1.29, 1.82) is 5.41 Å². The van der Waals surface area contributed by atoms with E-state index < -0.39 is 0 Å². The lowest BCUT2D eigenvalue weighted by Crippen LogP contribution is -2.10. The molecule has 0 bridgehead atoms. The Morgan fingerprint density at radius 1 is 1.33 bits per heavy atom. The van der Waals surface area contributed by atoms with Gasteiger partial charge in [-0.3, -0.25) is 5.41 Å². The molecule has 2 aromatic carbocycles. The monoisotopic (exact) mass is 278 g/mol. The van der Waals surface area contributed by atoms with Crippen molar-refractivity contribution in [3.8, 4) is 0 Å². The average molecular weight is 278 g/mol. The first kappa shape index (κ1) is 13.2. The molecule has 3 aromatic rings. The highest BCUT2D eigenvalue weighted by Gasteiger charge is 2.05. The maximum atomic E-state index is 7.36. The highest BCUT2D eigenvalue weighted by molar-refractivity contribution is 5.95. The van der Waals surface area contributed by atoms with Crippen LogP contribution in [0.4, 0.5) is 5.69 Å². The summed E-state index contributed by atoms with van der Waals surface area (Å²) in [5.41, 5.74) is 10.1. The Bertz CT molecular complexity index is 786. The Kier molecular flexibility index (Phi) is 3.31. The lowest BCUT2D eigenvalue weighted by Gasteiger charge is -2.05. The van der Waals surface area contributed by atoms with Crippen molar-refractivity contribution in [3.63, 3.8) is 0 Å². The summed E-state index contributed by atoms with van der Waals surface area (Å²) < 4.78 is 0. The zero-order valence-corrected chi connectivity index (χ0v) is 11.7. The number of nitrogens with zero attached hydrogens (tertiary/aromatic N) is 1. The predicted molar refractivity (Wildman–Crippen MR) is 84.5 cm³/mol. The van der Waals surface area contributed by atoms with Gasteiger partial charge in [-0.05, 0) is 48.9 Å². The second-order valence-electron chi connectivity index (χ2n) is 4.89. The fourth-order valence-corrected chi connectivity index (χ4v) is 2.20. The van der Waals surface area contributed by atoms with Gasteiger partial charge in [0.2, 0.25) is 0 Å². The van der Waals surface area contributed by atoms with E-state index in [1.165, 1.54) is 0 Å². The van der Waals surface area contributed by atoms with Crippen molar-refractivity contribution in [2.45, 2.75) is 13.5 Å². The van der Waals surface area contributed by atoms with Gasteiger partial charge in [-0.25, -0.2) is 4.98 Å². The first-order valence-electron chi connectivity index (χ1n) is 6.68. The van der Waals surface area contributed by atoms with Gasteiger partial charge < -0.3 is 16.0 Å². The fraction of sp³-hybridized carbons (Fsp3) is 0.125. The van der Waals surface area contributed by atoms with Gasteiger partial charge in [-0.1, -0.05) is 6.07 Å². The first-order valence-corrected chi connectivity index (χ1v) is 6.68. The van der Waals surface area contributed by atoms with Crippen LogP contribution < -0.4 is 11.1 Å². The summed E-state index contributed by atoms with van der Waals surface area (Å²) in [6, 6.07) is 14.5. The van der Waals surface area contributed by atoms with Gasteiger partial charge in [-0.15, -0.1) is 0 Å². The molecule has 0 unspecified atom stereocenters. The number of aromatic nitrogens is 2. The molecule has 105 valence electrons. The zero-order valence-electron chi connectivity index (χ0n) is 11.7. The number of fused-ring (bicyclic) bond motifs is 1. The third kappa shape index (κ3) is 2.72. The molecule has 0 amide bonds. The maximum Gasteiger partial charge on any atom is 0.126 e. The minimum absolute atomic E-state index is 0.0746. The van der Waals surface area contributed by atoms with Crippen LogP contribution in [0, 0.1) is 18.4 Å². The molecular weight excluding hydrogens is 262 g/mol. The van der Waals surface area contributed by atoms with Crippen LogP contribution in [0.1, 0.15) is 17.0 Å². The number of hydrogen-bond acceptors (Lipinski definition) is 3. The summed E-state index contributed by atoms with van der Waals surface area (Å²) in [4.78, 5) is 7.86. The minimum Gasteiger partial charge on any atom is -0.384 e. The summed E-state index contributed by atoms with van der Waals surface area (Å²) in [7, 11) is 0. The van der Waals surface area contributed by atoms with E-state index in [2.05, 4.69) is 21.4 Å². The molecular formula is C16H16N5. The van der Waals surface area contributed by atoms with Crippen LogP contribution in [0.3, 0.4) is 0 Å². The average Bonchev–Trinajstić information content (AvgIpc) is 2.90. The molecule has 0 spiro atoms. The molecule has 3 rings (SSSR count). The van der Waals surface area contributed by atoms with E-state index in [9.17, 15) is 0 Å². The van der Waals surface area contributed by atoms with Crippen LogP contribution in [0.5, 0.6) is 0 Å². The second kappa shape index (κ2) is 5.28. The topological polar surface area (TPSA) is 90.6 Å². The standard InChI is InChI=1S/C16H16N5/c1-10-3-2-4-13-15(10)21-14(20-13)9-19-12-7-5-11(6-8-12)16(17)18/h2,4-8,19H,9H2,1H3,(H3,17,18)(H,20,21). The molecule has 0 atom stereocenters. The highest BCUT2D eigenvalue weighted by atomic mass is 15.0. The Morgan fingerprint density at radius 2 is 2.10 bits per heavy atom. The summed E-state index contributed by atoms with van der Waals surface area (Å²) >= 11 is 0. The Balaban J connectivity index is 1.74. The van der Waals surface area contributed by atoms with E-state index in [0.717, 1.165) is 33.7 Å². The number of benzene rings is 2. The van der Waals surface area contributed by atoms with Crippen molar-refractivity contribution < 1.29 is 0 Å². The molecule has 0 aliphatic carbocycles. The lowest BCUT2D eigenvalue weighted by atomic mass is 10.2. The number of nitrogen functional groups attached to an aromatic ring is 1. The number of nitrogens with one attached hydrogen (secondary N) is 3. The van der Waals surface area contributed by atoms with Gasteiger partial charge in [0.25, 0.3) is 0 Å². The van der Waals surface area contributed by atoms with Crippen LogP contribution in [-0.2, 0) is 6.54 Å². The largest absolute Gasteiger partial charge is 0.384 e. The van der Waals surface area contributed by atoms with Gasteiger partial charge in [0, 0.05) is 11.3 Å². The summed E-state index contributed by atoms with van der Waals surface area (Å²) in [5, 5.41) is 10.7. The van der Waals surface area contributed by atoms with Crippen LogP contribution in [0.2, 0.25) is 0 Å². The lowest BCUT2D eigenvalue weighted by molar-refractivity contribution is 1.01. The van der Waals surface area contributed by atoms with E-state index in [1.807, 2.05) is 43.3 Å². The van der Waals surface area contributed by atoms with E-state index in [1.54, 1.807) is 0 Å². The third-order valence-corrected chi connectivity index (χ3v) is 3.34. The summed E-state index contributed by atoms with van der Waals surface area (Å²) in [6.45, 7) is 2.61. The highest BCUT2D eigenvalue weighted by Crippen LogP contribution is 2.16. The van der Waals surface area contributed by atoms with Crippen LogP contribution in [0.15, 0.2) is 36.4 Å². The molecule has 0 saturated carbocycles. The number of hydrogen-bond donors (Lipinski definition) is 4. The van der Waals surface area contributed by atoms with Crippen LogP contribution >= 0.6 is 0 Å². The fourth-order valence-electron chi connectivity index (χ4n) is 2.20. The van der Waals surface area contributed by atoms with Crippen molar-refractivity contribution in [2.75, 3.05) is 5.32 Å². The molecule has 0 aliphatic heterocycles. The number of amidine groups is 1. The summed E-state index contributed by atoms with van der Waals surface area (Å²) in [5.74, 6) is 0.953. The molecule has 0 saturated heterocycles. The molecule has 5 heteroatoms. The first-order chi connectivity index (χ1) is 10.1. The van der Waals surface area contributed by atoms with Gasteiger partial charge >= 0.3 is 0 Å². The van der Waals surface area contributed by atoms with E-state index >= 15 is 0 Å². The van der Waals surface area contributed by atoms with Crippen molar-refractivity contribution in [2.24, 2.45) is 5.73 Å². The molecule has 1 heterocycles. The number of rotatable bonds is 4. The zero-order chi connectivity index (χ0) is 14.8. The normalized spacial score (nSPS) is 10.7. The van der Waals surface area contributed by atoms with E-state index in [4.69, 9.17) is 11.1 Å². The second-order valence-corrected chi connectivity index (χ2v) is 4.89. The van der Waals surface area contributed by atoms with Crippen molar-refractivity contribution in [3.05, 3.63) is 59.4 Å². The molecule has 1 aromatic heterocycles. The molecule has 0 aliphatic rings. The molecule has 21 heavy (non-hydrogen) atoms. The quantitative estimate of drug-likeness (QED) is 0.436. The van der Waals surface area contributed by atoms with Crippen LogP contribution in [-0.4, -0.2) is 15.8 Å². The number of anilines is 1. The number of aryl methyl sites for hydroxylation is 1. The minimum atomic E-state index is 0.0746. The Hall–Kier alpha value is -2.82. The number of imidazole rings is 1. The SMILES string of the molecule is Cc1[c]ccc2[nH]c(CNc3ccc(C(=N)N)cc3)nc12. The van der Waals surface area contributed by atoms with Gasteiger partial charge in [0.05, 0.1) is 17.6 Å². The molecule has 0 fully saturated rings. The Morgan fingerprint density at radius 3 is 2.76 bits per heavy atom. The number of H-pyrrole nitrogens is 1. The Labute approximate surface area is 122 Å². The predicted octanol–water partition coefficient (Wildman–Crippen LogP) is 2.57. The molecule has 5 nitrogen and oxygen atoms in total. The summed E-state index contributed by atoms with van der Waals surface area (Å²) in [6.07, 6.45) is 0.